The van der Waals surface area contributed by atoms with E-state index in [2.05, 4.69) is 9.97 Å². The van der Waals surface area contributed by atoms with Gasteiger partial charge in [0, 0.05) is 11.5 Å². The van der Waals surface area contributed by atoms with Gasteiger partial charge in [-0.3, -0.25) is 4.79 Å². The molecule has 132 valence electrons. The van der Waals surface area contributed by atoms with E-state index in [1.165, 1.54) is 5.56 Å². The number of aromatic nitrogens is 2. The van der Waals surface area contributed by atoms with Crippen LogP contribution in [-0.4, -0.2) is 27.4 Å². The Labute approximate surface area is 158 Å². The molecule has 0 saturated carbocycles. The third kappa shape index (κ3) is 3.64. The lowest BCUT2D eigenvalue weighted by Gasteiger charge is -2.09. The Bertz CT molecular complexity index is 996. The Balaban J connectivity index is 1.44. The van der Waals surface area contributed by atoms with Crippen LogP contribution in [0.5, 0.6) is 0 Å². The number of nitrogens with zero attached hydrogens (tertiary/aromatic N) is 1. The molecule has 1 aliphatic heterocycles. The zero-order chi connectivity index (χ0) is 17.9. The lowest BCUT2D eigenvalue weighted by molar-refractivity contribution is 0.0462. The zero-order valence-corrected chi connectivity index (χ0v) is 15.4. The van der Waals surface area contributed by atoms with Gasteiger partial charge >= 0.3 is 5.97 Å². The van der Waals surface area contributed by atoms with Crippen LogP contribution in [0.2, 0.25) is 0 Å². The van der Waals surface area contributed by atoms with Crippen LogP contribution in [0.3, 0.4) is 0 Å². The minimum atomic E-state index is -0.431. The van der Waals surface area contributed by atoms with Gasteiger partial charge < -0.3 is 9.72 Å². The van der Waals surface area contributed by atoms with Gasteiger partial charge in [-0.25, -0.2) is 9.78 Å². The maximum atomic E-state index is 12.2. The molecule has 1 aliphatic rings. The SMILES string of the molecule is O=C(OCc1nc2ccccc2c(=O)[nH]1)c1ccc(C2SCCS2)cc1. The number of hydrogen-bond acceptors (Lipinski definition) is 6. The quantitative estimate of drug-likeness (QED) is 0.691. The molecule has 2 aromatic carbocycles. The molecule has 0 spiro atoms. The standard InChI is InChI=1S/C19H16N2O3S2/c22-17-14-3-1-2-4-15(14)20-16(21-17)11-24-18(23)12-5-7-13(8-6-12)19-25-9-10-26-19/h1-8,19H,9-11H2,(H,20,21,22). The molecule has 1 fully saturated rings. The summed E-state index contributed by atoms with van der Waals surface area (Å²) in [7, 11) is 0. The Hall–Kier alpha value is -2.25. The van der Waals surface area contributed by atoms with Crippen LogP contribution in [-0.2, 0) is 11.3 Å². The van der Waals surface area contributed by atoms with Crippen molar-refractivity contribution in [3.05, 3.63) is 75.8 Å². The van der Waals surface area contributed by atoms with E-state index < -0.39 is 5.97 Å². The minimum Gasteiger partial charge on any atom is -0.454 e. The number of carbonyl (C=O) groups excluding carboxylic acids is 1. The fourth-order valence-electron chi connectivity index (χ4n) is 2.75. The molecule has 7 heteroatoms. The molecule has 2 heterocycles. The number of nitrogens with one attached hydrogen (secondary N) is 1. The molecule has 4 rings (SSSR count). The molecule has 0 atom stereocenters. The average molecular weight is 384 g/mol. The van der Waals surface area contributed by atoms with Crippen molar-refractivity contribution in [2.24, 2.45) is 0 Å². The topological polar surface area (TPSA) is 72.0 Å². The Morgan fingerprint density at radius 3 is 2.62 bits per heavy atom. The Morgan fingerprint density at radius 1 is 1.12 bits per heavy atom. The molecule has 0 unspecified atom stereocenters. The summed E-state index contributed by atoms with van der Waals surface area (Å²) in [5.74, 6) is 2.23. The van der Waals surface area contributed by atoms with E-state index in [9.17, 15) is 9.59 Å². The van der Waals surface area contributed by atoms with Gasteiger partial charge in [0.1, 0.15) is 12.4 Å². The number of ether oxygens (including phenoxy) is 1. The summed E-state index contributed by atoms with van der Waals surface area (Å²) >= 11 is 3.85. The van der Waals surface area contributed by atoms with E-state index >= 15 is 0 Å². The highest BCUT2D eigenvalue weighted by molar-refractivity contribution is 8.19. The van der Waals surface area contributed by atoms with E-state index in [4.69, 9.17) is 4.74 Å². The molecule has 0 amide bonds. The number of fused-ring (bicyclic) bond motifs is 1. The van der Waals surface area contributed by atoms with Crippen LogP contribution >= 0.6 is 23.5 Å². The van der Waals surface area contributed by atoms with Gasteiger partial charge in [0.25, 0.3) is 5.56 Å². The lowest BCUT2D eigenvalue weighted by Crippen LogP contribution is -2.14. The molecule has 0 aliphatic carbocycles. The largest absolute Gasteiger partial charge is 0.454 e. The average Bonchev–Trinajstić information content (AvgIpc) is 3.21. The molecule has 0 radical (unpaired) electrons. The van der Waals surface area contributed by atoms with E-state index in [1.807, 2.05) is 41.7 Å². The molecule has 0 bridgehead atoms. The number of benzene rings is 2. The van der Waals surface area contributed by atoms with E-state index in [1.54, 1.807) is 30.3 Å². The van der Waals surface area contributed by atoms with E-state index in [0.717, 1.165) is 11.5 Å². The third-order valence-corrected chi connectivity index (χ3v) is 7.15. The summed E-state index contributed by atoms with van der Waals surface area (Å²) in [6, 6.07) is 14.6. The van der Waals surface area contributed by atoms with Crippen molar-refractivity contribution in [1.29, 1.82) is 0 Å². The number of rotatable bonds is 4. The van der Waals surface area contributed by atoms with Crippen molar-refractivity contribution in [3.63, 3.8) is 0 Å². The van der Waals surface area contributed by atoms with Gasteiger partial charge in [-0.15, -0.1) is 23.5 Å². The molecule has 1 aromatic heterocycles. The molecule has 5 nitrogen and oxygen atoms in total. The maximum Gasteiger partial charge on any atom is 0.338 e. The van der Waals surface area contributed by atoms with Crippen molar-refractivity contribution in [3.8, 4) is 0 Å². The van der Waals surface area contributed by atoms with Gasteiger partial charge in [0.15, 0.2) is 0 Å². The first-order valence-electron chi connectivity index (χ1n) is 8.19. The predicted octanol–water partition coefficient (Wildman–Crippen LogP) is 3.76. The smallest absolute Gasteiger partial charge is 0.338 e. The summed E-state index contributed by atoms with van der Waals surface area (Å²) in [5, 5.41) is 0.515. The number of aromatic amines is 1. The van der Waals surface area contributed by atoms with Crippen molar-refractivity contribution in [1.82, 2.24) is 9.97 Å². The van der Waals surface area contributed by atoms with Crippen molar-refractivity contribution < 1.29 is 9.53 Å². The lowest BCUT2D eigenvalue weighted by atomic mass is 10.1. The minimum absolute atomic E-state index is 0.0744. The number of thioether (sulfide) groups is 2. The zero-order valence-electron chi connectivity index (χ0n) is 13.8. The molecule has 1 saturated heterocycles. The van der Waals surface area contributed by atoms with Gasteiger partial charge in [-0.05, 0) is 29.8 Å². The van der Waals surface area contributed by atoms with Crippen LogP contribution in [0.4, 0.5) is 0 Å². The van der Waals surface area contributed by atoms with Crippen LogP contribution in [0.15, 0.2) is 53.3 Å². The van der Waals surface area contributed by atoms with Gasteiger partial charge in [-0.2, -0.15) is 0 Å². The van der Waals surface area contributed by atoms with Crippen LogP contribution in [0, 0.1) is 0 Å². The second-order valence-corrected chi connectivity index (χ2v) is 8.53. The number of carbonyl (C=O) groups is 1. The second kappa shape index (κ2) is 7.55. The first-order valence-corrected chi connectivity index (χ1v) is 10.3. The Kier molecular flexibility index (Phi) is 4.99. The van der Waals surface area contributed by atoms with Crippen LogP contribution in [0.25, 0.3) is 10.9 Å². The summed E-state index contributed by atoms with van der Waals surface area (Å²) in [5.41, 5.74) is 2.05. The monoisotopic (exact) mass is 384 g/mol. The van der Waals surface area contributed by atoms with Crippen molar-refractivity contribution in [2.45, 2.75) is 11.2 Å². The highest BCUT2D eigenvalue weighted by atomic mass is 32.2. The fraction of sp³-hybridized carbons (Fsp3) is 0.211. The molecule has 3 aromatic rings. The molecular weight excluding hydrogens is 368 g/mol. The summed E-state index contributed by atoms with van der Waals surface area (Å²) in [6.07, 6.45) is 0. The molecular formula is C19H16N2O3S2. The van der Waals surface area contributed by atoms with Crippen LogP contribution in [0.1, 0.15) is 26.3 Å². The first-order chi connectivity index (χ1) is 12.7. The number of hydrogen-bond donors (Lipinski definition) is 1. The number of H-pyrrole nitrogens is 1. The first kappa shape index (κ1) is 17.2. The third-order valence-electron chi connectivity index (χ3n) is 4.04. The molecule has 26 heavy (non-hydrogen) atoms. The normalized spacial score (nSPS) is 14.6. The highest BCUT2D eigenvalue weighted by Gasteiger charge is 2.18. The van der Waals surface area contributed by atoms with Crippen LogP contribution < -0.4 is 5.56 Å². The Morgan fingerprint density at radius 2 is 1.85 bits per heavy atom. The highest BCUT2D eigenvalue weighted by Crippen LogP contribution is 2.45. The second-order valence-electron chi connectivity index (χ2n) is 5.80. The van der Waals surface area contributed by atoms with E-state index in [-0.39, 0.29) is 12.2 Å². The van der Waals surface area contributed by atoms with Crippen molar-refractivity contribution >= 4 is 40.4 Å². The van der Waals surface area contributed by atoms with E-state index in [0.29, 0.717) is 26.9 Å². The van der Waals surface area contributed by atoms with Crippen molar-refractivity contribution in [2.75, 3.05) is 11.5 Å². The number of para-hydroxylation sites is 1. The van der Waals surface area contributed by atoms with Gasteiger partial charge in [0.2, 0.25) is 0 Å². The summed E-state index contributed by atoms with van der Waals surface area (Å²) < 4.78 is 5.75. The summed E-state index contributed by atoms with van der Waals surface area (Å²) in [4.78, 5) is 31.3. The maximum absolute atomic E-state index is 12.2. The number of esters is 1. The fourth-order valence-corrected chi connectivity index (χ4v) is 5.61. The summed E-state index contributed by atoms with van der Waals surface area (Å²) in [6.45, 7) is -0.0744. The molecule has 1 N–H and O–H groups in total. The van der Waals surface area contributed by atoms with Gasteiger partial charge in [0.05, 0.1) is 21.0 Å². The van der Waals surface area contributed by atoms with Gasteiger partial charge in [-0.1, -0.05) is 24.3 Å². The predicted molar refractivity (Wildman–Crippen MR) is 106 cm³/mol.